The first-order valence-electron chi connectivity index (χ1n) is 19.7. The normalized spacial score (nSPS) is 10.5. The standard InChI is InChI=1S/C54H44N2O2/c1-3-39-15-19-41(20-16-39)37-57-50-31-27-47(28-32-50)54(48-29-33-51(34-30-48)58-38-42-21-17-40(4-2)18-22-42)53(44-13-9-6-10-14-44)46-25-23-45(24-26-46)52(49(35-55)36-56)43-11-7-5-8-12-43/h5-34H,3-4,37-38H2,1-2H3. The van der Waals surface area contributed by atoms with E-state index in [4.69, 9.17) is 9.47 Å². The van der Waals surface area contributed by atoms with E-state index in [0.29, 0.717) is 18.8 Å². The topological polar surface area (TPSA) is 66.0 Å². The van der Waals surface area contributed by atoms with E-state index in [1.54, 1.807) is 0 Å². The van der Waals surface area contributed by atoms with Gasteiger partial charge in [-0.3, -0.25) is 0 Å². The van der Waals surface area contributed by atoms with Gasteiger partial charge in [0, 0.05) is 5.57 Å². The third-order valence-corrected chi connectivity index (χ3v) is 10.3. The summed E-state index contributed by atoms with van der Waals surface area (Å²) in [5.41, 5.74) is 13.3. The number of hydrogen-bond donors (Lipinski definition) is 0. The summed E-state index contributed by atoms with van der Waals surface area (Å²) in [6, 6.07) is 66.1. The van der Waals surface area contributed by atoms with E-state index in [9.17, 15) is 10.5 Å². The molecule has 0 aliphatic rings. The molecule has 0 saturated heterocycles. The van der Waals surface area contributed by atoms with Crippen molar-refractivity contribution >= 4 is 16.7 Å². The Kier molecular flexibility index (Phi) is 12.7. The zero-order valence-corrected chi connectivity index (χ0v) is 32.9. The van der Waals surface area contributed by atoms with Crippen LogP contribution >= 0.6 is 0 Å². The van der Waals surface area contributed by atoms with Crippen molar-refractivity contribution in [3.63, 3.8) is 0 Å². The third-order valence-electron chi connectivity index (χ3n) is 10.3. The largest absolute Gasteiger partial charge is 0.489 e. The molecule has 4 heteroatoms. The lowest BCUT2D eigenvalue weighted by Crippen LogP contribution is -2.00. The number of nitriles is 2. The van der Waals surface area contributed by atoms with Crippen molar-refractivity contribution in [2.45, 2.75) is 39.9 Å². The van der Waals surface area contributed by atoms with Gasteiger partial charge in [0.1, 0.15) is 42.4 Å². The molecule has 0 bridgehead atoms. The Balaban J connectivity index is 1.30. The Morgan fingerprint density at radius 1 is 0.362 bits per heavy atom. The molecule has 7 aromatic rings. The van der Waals surface area contributed by atoms with Crippen LogP contribution in [-0.2, 0) is 26.1 Å². The molecule has 0 radical (unpaired) electrons. The van der Waals surface area contributed by atoms with E-state index in [0.717, 1.165) is 80.0 Å². The smallest absolute Gasteiger partial charge is 0.138 e. The third kappa shape index (κ3) is 9.34. The second kappa shape index (κ2) is 19.0. The lowest BCUT2D eigenvalue weighted by atomic mass is 9.85. The van der Waals surface area contributed by atoms with E-state index in [-0.39, 0.29) is 5.57 Å². The number of hydrogen-bond acceptors (Lipinski definition) is 4. The van der Waals surface area contributed by atoms with Gasteiger partial charge in [0.25, 0.3) is 0 Å². The van der Waals surface area contributed by atoms with Crippen molar-refractivity contribution in [3.05, 3.63) is 243 Å². The summed E-state index contributed by atoms with van der Waals surface area (Å²) in [6.45, 7) is 5.28. The van der Waals surface area contributed by atoms with Crippen LogP contribution in [0.1, 0.15) is 69.5 Å². The van der Waals surface area contributed by atoms with Gasteiger partial charge < -0.3 is 9.47 Å². The van der Waals surface area contributed by atoms with E-state index in [1.165, 1.54) is 11.1 Å². The van der Waals surface area contributed by atoms with Crippen LogP contribution in [0.3, 0.4) is 0 Å². The Morgan fingerprint density at radius 2 is 0.655 bits per heavy atom. The molecule has 0 aliphatic carbocycles. The fourth-order valence-electron chi connectivity index (χ4n) is 7.03. The first-order chi connectivity index (χ1) is 28.6. The van der Waals surface area contributed by atoms with Gasteiger partial charge in [-0.1, -0.05) is 172 Å². The monoisotopic (exact) mass is 752 g/mol. The highest BCUT2D eigenvalue weighted by molar-refractivity contribution is 6.05. The molecule has 0 N–H and O–H groups in total. The average Bonchev–Trinajstić information content (AvgIpc) is 3.30. The zero-order chi connectivity index (χ0) is 40.1. The molecule has 7 aromatic carbocycles. The van der Waals surface area contributed by atoms with Crippen LogP contribution in [0, 0.1) is 22.7 Å². The lowest BCUT2D eigenvalue weighted by molar-refractivity contribution is 0.306. The van der Waals surface area contributed by atoms with Crippen LogP contribution in [0.5, 0.6) is 11.5 Å². The van der Waals surface area contributed by atoms with E-state index < -0.39 is 0 Å². The molecule has 0 atom stereocenters. The van der Waals surface area contributed by atoms with Gasteiger partial charge in [-0.2, -0.15) is 10.5 Å². The van der Waals surface area contributed by atoms with Crippen molar-refractivity contribution in [2.24, 2.45) is 0 Å². The molecule has 0 saturated carbocycles. The Hall–Kier alpha value is -7.40. The Labute approximate surface area is 342 Å². The molecule has 0 spiro atoms. The zero-order valence-electron chi connectivity index (χ0n) is 32.9. The predicted molar refractivity (Wildman–Crippen MR) is 235 cm³/mol. The molecule has 0 unspecified atom stereocenters. The van der Waals surface area contributed by atoms with Gasteiger partial charge in [0.2, 0.25) is 0 Å². The number of nitrogens with zero attached hydrogens (tertiary/aromatic N) is 2. The highest BCUT2D eigenvalue weighted by Crippen LogP contribution is 2.39. The van der Waals surface area contributed by atoms with Crippen LogP contribution in [0.4, 0.5) is 0 Å². The van der Waals surface area contributed by atoms with Gasteiger partial charge in [-0.25, -0.2) is 0 Å². The van der Waals surface area contributed by atoms with Crippen molar-refractivity contribution in [2.75, 3.05) is 0 Å². The highest BCUT2D eigenvalue weighted by Gasteiger charge is 2.19. The minimum atomic E-state index is 0.0685. The molecule has 0 aliphatic heterocycles. The van der Waals surface area contributed by atoms with Crippen LogP contribution in [0.25, 0.3) is 16.7 Å². The first-order valence-corrected chi connectivity index (χ1v) is 19.7. The molecule has 0 amide bonds. The predicted octanol–water partition coefficient (Wildman–Crippen LogP) is 12.8. The Morgan fingerprint density at radius 3 is 1.00 bits per heavy atom. The lowest BCUT2D eigenvalue weighted by Gasteiger charge is -2.19. The van der Waals surface area contributed by atoms with Crippen molar-refractivity contribution in [1.82, 2.24) is 0 Å². The fraction of sp³-hybridized carbons (Fsp3) is 0.111. The molecule has 0 heterocycles. The van der Waals surface area contributed by atoms with Gasteiger partial charge in [0.05, 0.1) is 0 Å². The molecular weight excluding hydrogens is 709 g/mol. The number of benzene rings is 7. The quantitative estimate of drug-likeness (QED) is 0.0819. The Bertz CT molecular complexity index is 2460. The van der Waals surface area contributed by atoms with Gasteiger partial charge >= 0.3 is 0 Å². The van der Waals surface area contributed by atoms with Gasteiger partial charge in [-0.05, 0) is 104 Å². The van der Waals surface area contributed by atoms with E-state index in [1.807, 2.05) is 72.8 Å². The van der Waals surface area contributed by atoms with Crippen molar-refractivity contribution in [1.29, 1.82) is 10.5 Å². The van der Waals surface area contributed by atoms with Crippen LogP contribution < -0.4 is 9.47 Å². The molecule has 0 aromatic heterocycles. The van der Waals surface area contributed by atoms with Crippen molar-refractivity contribution in [3.8, 4) is 23.6 Å². The van der Waals surface area contributed by atoms with E-state index >= 15 is 0 Å². The summed E-state index contributed by atoms with van der Waals surface area (Å²) in [5.74, 6) is 1.57. The summed E-state index contributed by atoms with van der Waals surface area (Å²) < 4.78 is 12.5. The van der Waals surface area contributed by atoms with Crippen LogP contribution in [-0.4, -0.2) is 0 Å². The molecular formula is C54H44N2O2. The van der Waals surface area contributed by atoms with Gasteiger partial charge in [-0.15, -0.1) is 0 Å². The highest BCUT2D eigenvalue weighted by atomic mass is 16.5. The summed E-state index contributed by atoms with van der Waals surface area (Å²) in [5, 5.41) is 19.9. The second-order valence-electron chi connectivity index (χ2n) is 14.0. The number of allylic oxidation sites excluding steroid dienone is 1. The van der Waals surface area contributed by atoms with Gasteiger partial charge in [0.15, 0.2) is 0 Å². The fourth-order valence-corrected chi connectivity index (χ4v) is 7.03. The van der Waals surface area contributed by atoms with Crippen molar-refractivity contribution < 1.29 is 9.47 Å². The summed E-state index contributed by atoms with van der Waals surface area (Å²) in [4.78, 5) is 0. The first kappa shape index (κ1) is 38.9. The number of aryl methyl sites for hydroxylation is 2. The molecule has 282 valence electrons. The average molecular weight is 753 g/mol. The molecule has 0 fully saturated rings. The minimum Gasteiger partial charge on any atom is -0.489 e. The second-order valence-corrected chi connectivity index (χ2v) is 14.0. The molecule has 4 nitrogen and oxygen atoms in total. The maximum Gasteiger partial charge on any atom is 0.138 e. The number of rotatable bonds is 14. The molecule has 58 heavy (non-hydrogen) atoms. The maximum absolute atomic E-state index is 9.94. The van der Waals surface area contributed by atoms with Crippen LogP contribution in [0.15, 0.2) is 188 Å². The summed E-state index contributed by atoms with van der Waals surface area (Å²) in [6.07, 6.45) is 2.01. The van der Waals surface area contributed by atoms with Crippen LogP contribution in [0.2, 0.25) is 0 Å². The SMILES string of the molecule is CCc1ccc(COc2ccc(C(=C(c3ccccc3)c3ccc(C(=C(C#N)C#N)c4ccccc4)cc3)c3ccc(OCc4ccc(CC)cc4)cc3)cc2)cc1. The van der Waals surface area contributed by atoms with E-state index in [2.05, 4.69) is 135 Å². The number of ether oxygens (including phenoxy) is 2. The summed E-state index contributed by atoms with van der Waals surface area (Å²) >= 11 is 0. The maximum atomic E-state index is 9.94. The summed E-state index contributed by atoms with van der Waals surface area (Å²) in [7, 11) is 0. The molecule has 7 rings (SSSR count). The minimum absolute atomic E-state index is 0.0685.